The third-order valence-electron chi connectivity index (χ3n) is 3.70. The number of carbonyl (C=O) groups is 1. The molecule has 3 rings (SSSR count). The van der Waals surface area contributed by atoms with Crippen LogP contribution in [0.15, 0.2) is 48.5 Å². The molecule has 0 spiro atoms. The van der Waals surface area contributed by atoms with Gasteiger partial charge in [-0.2, -0.15) is 0 Å². The molecule has 1 atom stereocenters. The van der Waals surface area contributed by atoms with Crippen LogP contribution in [-0.4, -0.2) is 18.8 Å². The van der Waals surface area contributed by atoms with Gasteiger partial charge >= 0.3 is 6.03 Å². The second-order valence-corrected chi connectivity index (χ2v) is 5.71. The number of nitrogens with one attached hydrogen (secondary N) is 1. The number of halogens is 1. The number of hydrogen-bond donors (Lipinski definition) is 1. The highest BCUT2D eigenvalue weighted by Crippen LogP contribution is 2.31. The highest BCUT2D eigenvalue weighted by Gasteiger charge is 2.30. The summed E-state index contributed by atoms with van der Waals surface area (Å²) >= 11 is 5.81. The fraction of sp³-hybridized carbons (Fsp3) is 0.235. The van der Waals surface area contributed by atoms with Crippen LogP contribution in [0.3, 0.4) is 0 Å². The summed E-state index contributed by atoms with van der Waals surface area (Å²) in [4.78, 5) is 14.2. The first-order valence-electron chi connectivity index (χ1n) is 7.18. The van der Waals surface area contributed by atoms with Gasteiger partial charge in [0, 0.05) is 16.8 Å². The average molecular weight is 317 g/mol. The largest absolute Gasteiger partial charge is 0.473 e. The molecule has 2 aromatic rings. The zero-order valence-electron chi connectivity index (χ0n) is 12.3. The van der Waals surface area contributed by atoms with E-state index in [-0.39, 0.29) is 18.8 Å². The van der Waals surface area contributed by atoms with E-state index in [2.05, 4.69) is 11.4 Å². The monoisotopic (exact) mass is 316 g/mol. The van der Waals surface area contributed by atoms with Crippen LogP contribution < -0.4 is 15.0 Å². The maximum absolute atomic E-state index is 12.4. The molecule has 0 fully saturated rings. The van der Waals surface area contributed by atoms with Gasteiger partial charge < -0.3 is 10.1 Å². The van der Waals surface area contributed by atoms with E-state index in [9.17, 15) is 4.79 Å². The Balaban J connectivity index is 1.59. The number of benzene rings is 2. The Labute approximate surface area is 134 Å². The number of anilines is 1. The van der Waals surface area contributed by atoms with Gasteiger partial charge in [0.25, 0.3) is 0 Å². The summed E-state index contributed by atoms with van der Waals surface area (Å²) < 4.78 is 5.50. The van der Waals surface area contributed by atoms with Crippen LogP contribution in [-0.2, 0) is 6.42 Å². The first kappa shape index (κ1) is 14.7. The molecule has 0 saturated heterocycles. The summed E-state index contributed by atoms with van der Waals surface area (Å²) in [7, 11) is 0. The van der Waals surface area contributed by atoms with Gasteiger partial charge in [-0.1, -0.05) is 29.8 Å². The number of hydrogen-bond acceptors (Lipinski definition) is 2. The topological polar surface area (TPSA) is 41.6 Å². The Morgan fingerprint density at radius 1 is 1.27 bits per heavy atom. The predicted octanol–water partition coefficient (Wildman–Crippen LogP) is 3.84. The van der Waals surface area contributed by atoms with Crippen molar-refractivity contribution in [2.24, 2.45) is 0 Å². The van der Waals surface area contributed by atoms with Crippen LogP contribution >= 0.6 is 11.6 Å². The lowest BCUT2D eigenvalue weighted by atomic mass is 10.1. The Hall–Kier alpha value is -2.20. The fourth-order valence-electron chi connectivity index (χ4n) is 2.67. The first-order valence-corrected chi connectivity index (χ1v) is 7.56. The molecule has 4 nitrogen and oxygen atoms in total. The second-order valence-electron chi connectivity index (χ2n) is 5.28. The van der Waals surface area contributed by atoms with E-state index in [4.69, 9.17) is 16.3 Å². The molecular formula is C17H17ClN2O2. The lowest BCUT2D eigenvalue weighted by Gasteiger charge is -2.23. The van der Waals surface area contributed by atoms with Crippen LogP contribution in [0.5, 0.6) is 5.75 Å². The fourth-order valence-corrected chi connectivity index (χ4v) is 2.80. The second kappa shape index (κ2) is 6.28. The Morgan fingerprint density at radius 3 is 2.77 bits per heavy atom. The molecule has 1 unspecified atom stereocenters. The standard InChI is InChI=1S/C17H17ClN2O2/c1-12-10-13-4-2-3-5-16(13)20(12)17(21)19-11-22-15-8-6-14(18)7-9-15/h2-9,12H,10-11H2,1H3,(H,19,21). The maximum atomic E-state index is 12.4. The highest BCUT2D eigenvalue weighted by molar-refractivity contribution is 6.30. The van der Waals surface area contributed by atoms with Crippen molar-refractivity contribution in [3.05, 3.63) is 59.1 Å². The van der Waals surface area contributed by atoms with E-state index in [1.54, 1.807) is 29.2 Å². The molecule has 0 radical (unpaired) electrons. The minimum absolute atomic E-state index is 0.117. The molecule has 0 aliphatic carbocycles. The van der Waals surface area contributed by atoms with Crippen LogP contribution in [0.25, 0.3) is 0 Å². The number of ether oxygens (including phenoxy) is 1. The number of carbonyl (C=O) groups excluding carboxylic acids is 1. The number of urea groups is 1. The van der Waals surface area contributed by atoms with Crippen LogP contribution in [0.1, 0.15) is 12.5 Å². The summed E-state index contributed by atoms with van der Waals surface area (Å²) in [5, 5.41) is 3.44. The molecular weight excluding hydrogens is 300 g/mol. The Morgan fingerprint density at radius 2 is 2.00 bits per heavy atom. The normalized spacial score (nSPS) is 16.3. The molecule has 1 heterocycles. The van der Waals surface area contributed by atoms with Gasteiger partial charge in [-0.15, -0.1) is 0 Å². The molecule has 0 bridgehead atoms. The number of fused-ring (bicyclic) bond motifs is 1. The number of para-hydroxylation sites is 1. The predicted molar refractivity (Wildman–Crippen MR) is 87.6 cm³/mol. The quantitative estimate of drug-likeness (QED) is 0.874. The molecule has 1 aliphatic heterocycles. The first-order chi connectivity index (χ1) is 10.6. The van der Waals surface area contributed by atoms with E-state index in [1.165, 1.54) is 5.56 Å². The molecule has 0 aromatic heterocycles. The van der Waals surface area contributed by atoms with Gasteiger partial charge in [0.1, 0.15) is 5.75 Å². The summed E-state index contributed by atoms with van der Waals surface area (Å²) in [6.07, 6.45) is 0.877. The SMILES string of the molecule is CC1Cc2ccccc2N1C(=O)NCOc1ccc(Cl)cc1. The van der Waals surface area contributed by atoms with E-state index in [1.807, 2.05) is 25.1 Å². The summed E-state index contributed by atoms with van der Waals surface area (Å²) in [5.74, 6) is 0.666. The van der Waals surface area contributed by atoms with Gasteiger partial charge in [-0.3, -0.25) is 4.90 Å². The van der Waals surface area contributed by atoms with E-state index >= 15 is 0 Å². The highest BCUT2D eigenvalue weighted by atomic mass is 35.5. The molecule has 1 N–H and O–H groups in total. The molecule has 0 saturated carbocycles. The summed E-state index contributed by atoms with van der Waals surface area (Å²) in [5.41, 5.74) is 2.17. The van der Waals surface area contributed by atoms with Crippen molar-refractivity contribution in [2.45, 2.75) is 19.4 Å². The Bertz CT molecular complexity index is 673. The number of rotatable bonds is 3. The molecule has 1 aliphatic rings. The van der Waals surface area contributed by atoms with Crippen LogP contribution in [0.4, 0.5) is 10.5 Å². The van der Waals surface area contributed by atoms with Crippen LogP contribution in [0.2, 0.25) is 5.02 Å². The van der Waals surface area contributed by atoms with Gasteiger partial charge in [-0.25, -0.2) is 4.79 Å². The zero-order valence-corrected chi connectivity index (χ0v) is 13.0. The molecule has 2 aromatic carbocycles. The third-order valence-corrected chi connectivity index (χ3v) is 3.95. The third kappa shape index (κ3) is 3.02. The van der Waals surface area contributed by atoms with Crippen molar-refractivity contribution in [2.75, 3.05) is 11.6 Å². The summed E-state index contributed by atoms with van der Waals surface area (Å²) in [6, 6.07) is 15.0. The Kier molecular flexibility index (Phi) is 4.20. The molecule has 5 heteroatoms. The van der Waals surface area contributed by atoms with Crippen LogP contribution in [0, 0.1) is 0 Å². The smallest absolute Gasteiger partial charge is 0.324 e. The van der Waals surface area contributed by atoms with Crippen molar-refractivity contribution < 1.29 is 9.53 Å². The van der Waals surface area contributed by atoms with Crippen molar-refractivity contribution in [3.8, 4) is 5.75 Å². The van der Waals surface area contributed by atoms with Crippen molar-refractivity contribution in [3.63, 3.8) is 0 Å². The van der Waals surface area contributed by atoms with Gasteiger partial charge in [0.05, 0.1) is 0 Å². The van der Waals surface area contributed by atoms with Crippen molar-refractivity contribution >= 4 is 23.3 Å². The minimum Gasteiger partial charge on any atom is -0.473 e. The number of nitrogens with zero attached hydrogens (tertiary/aromatic N) is 1. The summed E-state index contributed by atoms with van der Waals surface area (Å²) in [6.45, 7) is 2.16. The molecule has 114 valence electrons. The van der Waals surface area contributed by atoms with E-state index in [0.717, 1.165) is 12.1 Å². The minimum atomic E-state index is -0.147. The maximum Gasteiger partial charge on any atom is 0.324 e. The average Bonchev–Trinajstić information content (AvgIpc) is 2.85. The molecule has 2 amide bonds. The van der Waals surface area contributed by atoms with Crippen molar-refractivity contribution in [1.29, 1.82) is 0 Å². The van der Waals surface area contributed by atoms with E-state index in [0.29, 0.717) is 10.8 Å². The van der Waals surface area contributed by atoms with Gasteiger partial charge in [0.2, 0.25) is 0 Å². The number of amides is 2. The lowest BCUT2D eigenvalue weighted by molar-refractivity contribution is 0.228. The lowest BCUT2D eigenvalue weighted by Crippen LogP contribution is -2.44. The molecule has 22 heavy (non-hydrogen) atoms. The zero-order chi connectivity index (χ0) is 15.5. The van der Waals surface area contributed by atoms with E-state index < -0.39 is 0 Å². The van der Waals surface area contributed by atoms with Gasteiger partial charge in [0.15, 0.2) is 6.73 Å². The van der Waals surface area contributed by atoms with Gasteiger partial charge in [-0.05, 0) is 49.2 Å². The van der Waals surface area contributed by atoms with Crippen molar-refractivity contribution in [1.82, 2.24) is 5.32 Å².